The van der Waals surface area contributed by atoms with E-state index in [1.54, 1.807) is 6.33 Å². The van der Waals surface area contributed by atoms with Crippen molar-refractivity contribution in [2.75, 3.05) is 19.6 Å². The summed E-state index contributed by atoms with van der Waals surface area (Å²) < 4.78 is 2.03. The summed E-state index contributed by atoms with van der Waals surface area (Å²) >= 11 is 0. The minimum absolute atomic E-state index is 0.385. The minimum atomic E-state index is 0.385. The Kier molecular flexibility index (Phi) is 5.34. The second kappa shape index (κ2) is 7.01. The molecular formula is C14H27N5. The molecule has 5 nitrogen and oxygen atoms in total. The number of rotatable bonds is 6. The van der Waals surface area contributed by atoms with Crippen molar-refractivity contribution in [1.29, 1.82) is 0 Å². The van der Waals surface area contributed by atoms with Crippen LogP contribution in [0, 0.1) is 0 Å². The fourth-order valence-corrected chi connectivity index (χ4v) is 2.73. The molecule has 0 radical (unpaired) electrons. The van der Waals surface area contributed by atoms with Gasteiger partial charge in [0.1, 0.15) is 12.2 Å². The SMILES string of the molecule is CCCNC1CCCN(Cc2ncnn2C(C)C)C1. The Balaban J connectivity index is 1.89. The fourth-order valence-electron chi connectivity index (χ4n) is 2.73. The number of aromatic nitrogens is 3. The van der Waals surface area contributed by atoms with Crippen LogP contribution in [0.2, 0.25) is 0 Å². The molecule has 1 N–H and O–H groups in total. The van der Waals surface area contributed by atoms with Crippen LogP contribution in [0.25, 0.3) is 0 Å². The van der Waals surface area contributed by atoms with Gasteiger partial charge in [-0.2, -0.15) is 5.10 Å². The van der Waals surface area contributed by atoms with Gasteiger partial charge in [0, 0.05) is 18.6 Å². The average Bonchev–Trinajstić information content (AvgIpc) is 2.85. The second-order valence-electron chi connectivity index (χ2n) is 5.74. The van der Waals surface area contributed by atoms with E-state index in [0.29, 0.717) is 12.1 Å². The number of likely N-dealkylation sites (tertiary alicyclic amines) is 1. The Labute approximate surface area is 116 Å². The maximum Gasteiger partial charge on any atom is 0.141 e. The molecule has 1 fully saturated rings. The van der Waals surface area contributed by atoms with Crippen LogP contribution < -0.4 is 5.32 Å². The molecule has 0 bridgehead atoms. The lowest BCUT2D eigenvalue weighted by Crippen LogP contribution is -2.45. The average molecular weight is 265 g/mol. The van der Waals surface area contributed by atoms with Crippen molar-refractivity contribution in [1.82, 2.24) is 25.0 Å². The van der Waals surface area contributed by atoms with Gasteiger partial charge in [0.05, 0.1) is 6.54 Å². The lowest BCUT2D eigenvalue weighted by atomic mass is 10.1. The molecule has 1 aliphatic rings. The van der Waals surface area contributed by atoms with E-state index in [9.17, 15) is 0 Å². The van der Waals surface area contributed by atoms with Gasteiger partial charge in [-0.15, -0.1) is 0 Å². The predicted molar refractivity (Wildman–Crippen MR) is 77.0 cm³/mol. The molecule has 1 aromatic heterocycles. The molecule has 19 heavy (non-hydrogen) atoms. The van der Waals surface area contributed by atoms with Crippen LogP contribution in [0.3, 0.4) is 0 Å². The van der Waals surface area contributed by atoms with Gasteiger partial charge < -0.3 is 5.32 Å². The maximum absolute atomic E-state index is 4.41. The van der Waals surface area contributed by atoms with Gasteiger partial charge >= 0.3 is 0 Å². The molecular weight excluding hydrogens is 238 g/mol. The van der Waals surface area contributed by atoms with Crippen molar-refractivity contribution >= 4 is 0 Å². The summed E-state index contributed by atoms with van der Waals surface area (Å²) in [7, 11) is 0. The number of piperidine rings is 1. The molecule has 108 valence electrons. The topological polar surface area (TPSA) is 46.0 Å². The summed E-state index contributed by atoms with van der Waals surface area (Å²) in [5.74, 6) is 1.09. The fraction of sp³-hybridized carbons (Fsp3) is 0.857. The Morgan fingerprint density at radius 1 is 1.47 bits per heavy atom. The molecule has 5 heteroatoms. The van der Waals surface area contributed by atoms with Gasteiger partial charge in [0.2, 0.25) is 0 Å². The first kappa shape index (κ1) is 14.5. The number of hydrogen-bond acceptors (Lipinski definition) is 4. The van der Waals surface area contributed by atoms with Crippen LogP contribution in [0.1, 0.15) is 51.9 Å². The van der Waals surface area contributed by atoms with Crippen molar-refractivity contribution in [3.63, 3.8) is 0 Å². The number of nitrogens with zero attached hydrogens (tertiary/aromatic N) is 4. The van der Waals surface area contributed by atoms with Crippen molar-refractivity contribution in [2.24, 2.45) is 0 Å². The molecule has 2 rings (SSSR count). The maximum atomic E-state index is 4.41. The lowest BCUT2D eigenvalue weighted by Gasteiger charge is -2.33. The van der Waals surface area contributed by atoms with Crippen molar-refractivity contribution < 1.29 is 0 Å². The summed E-state index contributed by atoms with van der Waals surface area (Å²) in [6.45, 7) is 10.9. The van der Waals surface area contributed by atoms with Gasteiger partial charge in [0.15, 0.2) is 0 Å². The Hall–Kier alpha value is -0.940. The number of hydrogen-bond donors (Lipinski definition) is 1. The van der Waals surface area contributed by atoms with Gasteiger partial charge in [-0.1, -0.05) is 6.92 Å². The Morgan fingerprint density at radius 3 is 3.05 bits per heavy atom. The summed E-state index contributed by atoms with van der Waals surface area (Å²) in [5, 5.41) is 7.95. The lowest BCUT2D eigenvalue weighted by molar-refractivity contribution is 0.176. The van der Waals surface area contributed by atoms with Crippen LogP contribution in [0.5, 0.6) is 0 Å². The minimum Gasteiger partial charge on any atom is -0.313 e. The quantitative estimate of drug-likeness (QED) is 0.852. The Bertz CT molecular complexity index is 374. The second-order valence-corrected chi connectivity index (χ2v) is 5.74. The van der Waals surface area contributed by atoms with Gasteiger partial charge in [-0.05, 0) is 46.2 Å². The first-order chi connectivity index (χ1) is 9.20. The highest BCUT2D eigenvalue weighted by molar-refractivity contribution is 4.89. The summed E-state index contributed by atoms with van der Waals surface area (Å²) in [5.41, 5.74) is 0. The van der Waals surface area contributed by atoms with Crippen LogP contribution >= 0.6 is 0 Å². The van der Waals surface area contributed by atoms with Crippen LogP contribution in [-0.2, 0) is 6.54 Å². The number of nitrogens with one attached hydrogen (secondary N) is 1. The first-order valence-corrected chi connectivity index (χ1v) is 7.54. The van der Waals surface area contributed by atoms with E-state index in [4.69, 9.17) is 0 Å². The molecule has 0 aromatic carbocycles. The molecule has 1 atom stereocenters. The summed E-state index contributed by atoms with van der Waals surface area (Å²) in [6.07, 6.45) is 5.45. The smallest absolute Gasteiger partial charge is 0.141 e. The molecule has 0 amide bonds. The van der Waals surface area contributed by atoms with E-state index in [1.807, 2.05) is 4.68 Å². The van der Waals surface area contributed by atoms with Crippen LogP contribution in [0.4, 0.5) is 0 Å². The zero-order valence-electron chi connectivity index (χ0n) is 12.5. The standard InChI is InChI=1S/C14H27N5/c1-4-7-15-13-6-5-8-18(9-13)10-14-16-11-17-19(14)12(2)3/h11-13,15H,4-10H2,1-3H3. The molecule has 1 aromatic rings. The predicted octanol–water partition coefficient (Wildman–Crippen LogP) is 1.82. The third-order valence-corrected chi connectivity index (χ3v) is 3.69. The van der Waals surface area contributed by atoms with Crippen molar-refractivity contribution in [3.05, 3.63) is 12.2 Å². The molecule has 0 saturated carbocycles. The van der Waals surface area contributed by atoms with Gasteiger partial charge in [0.25, 0.3) is 0 Å². The monoisotopic (exact) mass is 265 g/mol. The molecule has 1 unspecified atom stereocenters. The largest absolute Gasteiger partial charge is 0.313 e. The molecule has 1 saturated heterocycles. The van der Waals surface area contributed by atoms with E-state index < -0.39 is 0 Å². The van der Waals surface area contributed by atoms with Gasteiger partial charge in [-0.3, -0.25) is 4.90 Å². The third-order valence-electron chi connectivity index (χ3n) is 3.69. The highest BCUT2D eigenvalue weighted by atomic mass is 15.4. The summed E-state index contributed by atoms with van der Waals surface area (Å²) in [6, 6.07) is 1.03. The zero-order chi connectivity index (χ0) is 13.7. The molecule has 1 aliphatic heterocycles. The molecule has 0 spiro atoms. The first-order valence-electron chi connectivity index (χ1n) is 7.54. The van der Waals surface area contributed by atoms with Crippen molar-refractivity contribution in [2.45, 2.75) is 58.7 Å². The van der Waals surface area contributed by atoms with Gasteiger partial charge in [-0.25, -0.2) is 9.67 Å². The van der Waals surface area contributed by atoms with E-state index in [-0.39, 0.29) is 0 Å². The molecule has 2 heterocycles. The third kappa shape index (κ3) is 4.01. The van der Waals surface area contributed by atoms with E-state index in [1.165, 1.54) is 25.8 Å². The van der Waals surface area contributed by atoms with E-state index in [0.717, 1.165) is 25.5 Å². The summed E-state index contributed by atoms with van der Waals surface area (Å²) in [4.78, 5) is 6.91. The highest BCUT2D eigenvalue weighted by Crippen LogP contribution is 2.14. The van der Waals surface area contributed by atoms with Crippen molar-refractivity contribution in [3.8, 4) is 0 Å². The molecule has 0 aliphatic carbocycles. The highest BCUT2D eigenvalue weighted by Gasteiger charge is 2.21. The zero-order valence-corrected chi connectivity index (χ0v) is 12.5. The van der Waals surface area contributed by atoms with E-state index in [2.05, 4.69) is 41.1 Å². The van der Waals surface area contributed by atoms with Crippen LogP contribution in [-0.4, -0.2) is 45.3 Å². The van der Waals surface area contributed by atoms with Crippen LogP contribution in [0.15, 0.2) is 6.33 Å². The Morgan fingerprint density at radius 2 is 2.32 bits per heavy atom. The normalized spacial score (nSPS) is 21.2. The van der Waals surface area contributed by atoms with E-state index >= 15 is 0 Å².